The highest BCUT2D eigenvalue weighted by Crippen LogP contribution is 2.05. The Kier molecular flexibility index (Phi) is 8.01. The molecular weight excluding hydrogens is 239 g/mol. The number of hydrogen-bond acceptors (Lipinski definition) is 3. The van der Waals surface area contributed by atoms with Gasteiger partial charge in [-0.05, 0) is 26.0 Å². The van der Waals surface area contributed by atoms with Gasteiger partial charge in [-0.25, -0.2) is 4.98 Å². The van der Waals surface area contributed by atoms with E-state index in [1.54, 1.807) is 13.0 Å². The Hall–Kier alpha value is -1.00. The maximum Gasteiger partial charge on any atom is 0.325 e. The van der Waals surface area contributed by atoms with Crippen LogP contribution in [0, 0.1) is 6.92 Å². The van der Waals surface area contributed by atoms with Crippen molar-refractivity contribution < 1.29 is 9.90 Å². The Morgan fingerprint density at radius 2 is 2.07 bits per heavy atom. The van der Waals surface area contributed by atoms with Gasteiger partial charge in [-0.3, -0.25) is 4.79 Å². The number of carboxylic acid groups (broad SMARTS) is 1. The number of carboxylic acids is 1. The first kappa shape index (κ1) is 16.4. The second kappa shape index (κ2) is 7.31. The first-order valence-electron chi connectivity index (χ1n) is 4.02. The van der Waals surface area contributed by atoms with E-state index in [2.05, 4.69) is 10.3 Å². The predicted molar refractivity (Wildman–Crippen MR) is 64.2 cm³/mol. The van der Waals surface area contributed by atoms with Crippen LogP contribution in [0.1, 0.15) is 12.6 Å². The zero-order valence-electron chi connectivity index (χ0n) is 8.43. The molecule has 0 unspecified atom stereocenters. The minimum absolute atomic E-state index is 0. The van der Waals surface area contributed by atoms with Gasteiger partial charge in [-0.2, -0.15) is 0 Å². The smallest absolute Gasteiger partial charge is 0.325 e. The lowest BCUT2D eigenvalue weighted by Crippen LogP contribution is -2.25. The fraction of sp³-hybridized carbons (Fsp3) is 0.333. The van der Waals surface area contributed by atoms with Crippen molar-refractivity contribution in [2.45, 2.75) is 19.9 Å². The number of hydrogen-bond donors (Lipinski definition) is 2. The van der Waals surface area contributed by atoms with Crippen LogP contribution in [0.25, 0.3) is 0 Å². The molecule has 0 aliphatic heterocycles. The van der Waals surface area contributed by atoms with Crippen LogP contribution in [0.3, 0.4) is 0 Å². The molecule has 1 atom stereocenters. The monoisotopic (exact) mass is 252 g/mol. The number of pyridine rings is 1. The van der Waals surface area contributed by atoms with Crippen molar-refractivity contribution in [3.05, 3.63) is 23.9 Å². The Bertz CT molecular complexity index is 321. The van der Waals surface area contributed by atoms with Gasteiger partial charge < -0.3 is 10.4 Å². The largest absolute Gasteiger partial charge is 0.480 e. The molecule has 2 N–H and O–H groups in total. The van der Waals surface area contributed by atoms with Crippen molar-refractivity contribution >= 4 is 36.6 Å². The van der Waals surface area contributed by atoms with E-state index in [0.29, 0.717) is 5.82 Å². The molecule has 6 heteroatoms. The summed E-state index contributed by atoms with van der Waals surface area (Å²) in [4.78, 5) is 14.6. The molecule has 15 heavy (non-hydrogen) atoms. The summed E-state index contributed by atoms with van der Waals surface area (Å²) in [5.74, 6) is -0.293. The minimum atomic E-state index is -0.886. The Balaban J connectivity index is 0. The maximum absolute atomic E-state index is 10.5. The molecule has 86 valence electrons. The van der Waals surface area contributed by atoms with Gasteiger partial charge in [0.15, 0.2) is 0 Å². The van der Waals surface area contributed by atoms with Crippen LogP contribution in [0.5, 0.6) is 0 Å². The van der Waals surface area contributed by atoms with Crippen LogP contribution in [0.4, 0.5) is 5.82 Å². The number of aromatic nitrogens is 1. The van der Waals surface area contributed by atoms with Crippen LogP contribution in [0.15, 0.2) is 18.2 Å². The molecule has 1 aromatic heterocycles. The highest BCUT2D eigenvalue weighted by atomic mass is 35.5. The summed E-state index contributed by atoms with van der Waals surface area (Å²) in [6, 6.07) is 4.82. The highest BCUT2D eigenvalue weighted by Gasteiger charge is 2.09. The number of nitrogens with one attached hydrogen (secondary N) is 1. The molecular formula is C9H14Cl2N2O2. The van der Waals surface area contributed by atoms with Gasteiger partial charge in [-0.15, -0.1) is 24.8 Å². The Labute approximate surface area is 101 Å². The summed E-state index contributed by atoms with van der Waals surface area (Å²) >= 11 is 0. The normalized spacial score (nSPS) is 10.5. The molecule has 0 radical (unpaired) electrons. The summed E-state index contributed by atoms with van der Waals surface area (Å²) in [5, 5.41) is 11.4. The second-order valence-electron chi connectivity index (χ2n) is 2.87. The van der Waals surface area contributed by atoms with Crippen LogP contribution in [-0.4, -0.2) is 22.1 Å². The average Bonchev–Trinajstić information content (AvgIpc) is 2.04. The minimum Gasteiger partial charge on any atom is -0.480 e. The molecule has 0 saturated heterocycles. The van der Waals surface area contributed by atoms with E-state index in [1.807, 2.05) is 19.1 Å². The fourth-order valence-electron chi connectivity index (χ4n) is 0.907. The highest BCUT2D eigenvalue weighted by molar-refractivity contribution is 5.85. The third-order valence-electron chi connectivity index (χ3n) is 1.62. The van der Waals surface area contributed by atoms with Gasteiger partial charge >= 0.3 is 5.97 Å². The van der Waals surface area contributed by atoms with Gasteiger partial charge in [0, 0.05) is 5.69 Å². The Morgan fingerprint density at radius 1 is 1.47 bits per heavy atom. The van der Waals surface area contributed by atoms with Crippen molar-refractivity contribution in [2.75, 3.05) is 5.32 Å². The maximum atomic E-state index is 10.5. The average molecular weight is 253 g/mol. The number of halogens is 2. The van der Waals surface area contributed by atoms with E-state index >= 15 is 0 Å². The Morgan fingerprint density at radius 3 is 2.53 bits per heavy atom. The van der Waals surface area contributed by atoms with Crippen LogP contribution >= 0.6 is 24.8 Å². The summed E-state index contributed by atoms with van der Waals surface area (Å²) < 4.78 is 0. The van der Waals surface area contributed by atoms with Crippen LogP contribution in [-0.2, 0) is 4.79 Å². The molecule has 0 aromatic carbocycles. The number of carbonyl (C=O) groups is 1. The SMILES string of the molecule is Cc1cccc(N[C@@H](C)C(=O)O)n1.Cl.Cl. The topological polar surface area (TPSA) is 62.2 Å². The molecule has 0 aliphatic rings. The lowest BCUT2D eigenvalue weighted by Gasteiger charge is -2.09. The van der Waals surface area contributed by atoms with E-state index in [-0.39, 0.29) is 24.8 Å². The molecule has 1 aromatic rings. The number of nitrogens with zero attached hydrogens (tertiary/aromatic N) is 1. The zero-order valence-corrected chi connectivity index (χ0v) is 10.1. The predicted octanol–water partition coefficient (Wildman–Crippen LogP) is 2.12. The summed E-state index contributed by atoms with van der Waals surface area (Å²) in [6.07, 6.45) is 0. The van der Waals surface area contributed by atoms with Gasteiger partial charge in [0.1, 0.15) is 11.9 Å². The number of anilines is 1. The lowest BCUT2D eigenvalue weighted by molar-refractivity contribution is -0.137. The first-order valence-corrected chi connectivity index (χ1v) is 4.02. The van der Waals surface area contributed by atoms with Gasteiger partial charge in [0.2, 0.25) is 0 Å². The van der Waals surface area contributed by atoms with Crippen molar-refractivity contribution in [1.29, 1.82) is 0 Å². The quantitative estimate of drug-likeness (QED) is 0.866. The van der Waals surface area contributed by atoms with Crippen molar-refractivity contribution in [2.24, 2.45) is 0 Å². The third kappa shape index (κ3) is 5.44. The van der Waals surface area contributed by atoms with Gasteiger partial charge in [0.25, 0.3) is 0 Å². The number of aliphatic carboxylic acids is 1. The van der Waals surface area contributed by atoms with E-state index in [0.717, 1.165) is 5.69 Å². The zero-order chi connectivity index (χ0) is 9.84. The van der Waals surface area contributed by atoms with E-state index in [4.69, 9.17) is 5.11 Å². The summed E-state index contributed by atoms with van der Waals surface area (Å²) in [7, 11) is 0. The van der Waals surface area contributed by atoms with E-state index in [9.17, 15) is 4.79 Å². The fourth-order valence-corrected chi connectivity index (χ4v) is 0.907. The number of aryl methyl sites for hydroxylation is 1. The van der Waals surface area contributed by atoms with Crippen molar-refractivity contribution in [3.63, 3.8) is 0 Å². The standard InChI is InChI=1S/C9H12N2O2.2ClH/c1-6-4-3-5-8(10-6)11-7(2)9(12)13;;/h3-5,7H,1-2H3,(H,10,11)(H,12,13);2*1H/t7-;;/m0../s1. The van der Waals surface area contributed by atoms with Crippen LogP contribution in [0.2, 0.25) is 0 Å². The lowest BCUT2D eigenvalue weighted by atomic mass is 10.3. The number of rotatable bonds is 3. The molecule has 1 heterocycles. The van der Waals surface area contributed by atoms with Gasteiger partial charge in [0.05, 0.1) is 0 Å². The third-order valence-corrected chi connectivity index (χ3v) is 1.62. The second-order valence-corrected chi connectivity index (χ2v) is 2.87. The molecule has 4 nitrogen and oxygen atoms in total. The summed E-state index contributed by atoms with van der Waals surface area (Å²) in [5.41, 5.74) is 0.864. The first-order chi connectivity index (χ1) is 6.09. The molecule has 0 fully saturated rings. The molecule has 0 bridgehead atoms. The van der Waals surface area contributed by atoms with Crippen molar-refractivity contribution in [1.82, 2.24) is 4.98 Å². The van der Waals surface area contributed by atoms with E-state index in [1.165, 1.54) is 0 Å². The van der Waals surface area contributed by atoms with Gasteiger partial charge in [-0.1, -0.05) is 6.07 Å². The van der Waals surface area contributed by atoms with Crippen molar-refractivity contribution in [3.8, 4) is 0 Å². The molecule has 0 aliphatic carbocycles. The van der Waals surface area contributed by atoms with E-state index < -0.39 is 12.0 Å². The molecule has 0 spiro atoms. The van der Waals surface area contributed by atoms with Crippen LogP contribution < -0.4 is 5.32 Å². The molecule has 0 amide bonds. The molecule has 1 rings (SSSR count). The molecule has 0 saturated carbocycles. The summed E-state index contributed by atoms with van der Waals surface area (Å²) in [6.45, 7) is 3.43.